The molecule has 4 rings (SSSR count). The second-order valence-corrected chi connectivity index (χ2v) is 8.55. The van der Waals surface area contributed by atoms with Gasteiger partial charge in [-0.15, -0.1) is 5.10 Å². The fourth-order valence-electron chi connectivity index (χ4n) is 3.25. The quantitative estimate of drug-likeness (QED) is 0.567. The monoisotopic (exact) mass is 433 g/mol. The van der Waals surface area contributed by atoms with E-state index in [4.69, 9.17) is 14.5 Å². The summed E-state index contributed by atoms with van der Waals surface area (Å²) in [6, 6.07) is 5.75. The molecule has 0 N–H and O–H groups in total. The molecule has 0 unspecified atom stereocenters. The van der Waals surface area contributed by atoms with Crippen LogP contribution >= 0.6 is 22.9 Å². The van der Waals surface area contributed by atoms with Crippen molar-refractivity contribution in [3.8, 4) is 5.75 Å². The number of hydrogen-bond acceptors (Lipinski definition) is 9. The first-order chi connectivity index (χ1) is 14.2. The smallest absolute Gasteiger partial charge is 0.273 e. The highest BCUT2D eigenvalue weighted by Crippen LogP contribution is 2.32. The van der Waals surface area contributed by atoms with Crippen molar-refractivity contribution in [1.29, 1.82) is 0 Å². The number of hydrogen-bond donors (Lipinski definition) is 0. The van der Waals surface area contributed by atoms with Crippen LogP contribution in [0.4, 0.5) is 5.13 Å². The van der Waals surface area contributed by atoms with E-state index < -0.39 is 0 Å². The van der Waals surface area contributed by atoms with Crippen LogP contribution in [0.5, 0.6) is 5.75 Å². The molecule has 2 aromatic heterocycles. The van der Waals surface area contributed by atoms with E-state index in [1.165, 1.54) is 11.3 Å². The van der Waals surface area contributed by atoms with E-state index in [1.807, 2.05) is 25.1 Å². The highest BCUT2D eigenvalue weighted by atomic mass is 32.1. The third kappa shape index (κ3) is 4.55. The van der Waals surface area contributed by atoms with E-state index in [0.29, 0.717) is 22.2 Å². The summed E-state index contributed by atoms with van der Waals surface area (Å²) in [6.07, 6.45) is 0.857. The van der Waals surface area contributed by atoms with Crippen LogP contribution in [0.25, 0.3) is 10.2 Å². The predicted octanol–water partition coefficient (Wildman–Crippen LogP) is 2.83. The Morgan fingerprint density at radius 2 is 2.17 bits per heavy atom. The molecule has 1 aromatic carbocycles. The maximum atomic E-state index is 13.3. The molecule has 0 spiro atoms. The Hall–Kier alpha value is -2.14. The zero-order valence-corrected chi connectivity index (χ0v) is 18.1. The number of methoxy groups -OCH3 is 1. The number of ether oxygens (including phenoxy) is 2. The van der Waals surface area contributed by atoms with Crippen LogP contribution in [0.3, 0.4) is 0 Å². The lowest BCUT2D eigenvalue weighted by Gasteiger charge is -2.27. The Labute approximate surface area is 177 Å². The number of carbonyl (C=O) groups excluding carboxylic acids is 1. The molecule has 0 bridgehead atoms. The number of aryl methyl sites for hydroxylation is 1. The van der Waals surface area contributed by atoms with Crippen LogP contribution in [-0.2, 0) is 4.74 Å². The highest BCUT2D eigenvalue weighted by molar-refractivity contribution is 7.22. The summed E-state index contributed by atoms with van der Waals surface area (Å²) >= 11 is 2.63. The Bertz CT molecular complexity index is 983. The van der Waals surface area contributed by atoms with Gasteiger partial charge in [0.1, 0.15) is 10.6 Å². The van der Waals surface area contributed by atoms with Crippen molar-refractivity contribution in [2.75, 3.05) is 51.4 Å². The van der Waals surface area contributed by atoms with Crippen LogP contribution in [0, 0.1) is 6.92 Å². The third-order valence-corrected chi connectivity index (χ3v) is 6.72. The van der Waals surface area contributed by atoms with Gasteiger partial charge in [0.2, 0.25) is 0 Å². The second-order valence-electron chi connectivity index (χ2n) is 6.78. The molecule has 10 heteroatoms. The molecular weight excluding hydrogens is 410 g/mol. The first-order valence-electron chi connectivity index (χ1n) is 9.51. The van der Waals surface area contributed by atoms with Crippen LogP contribution in [0.2, 0.25) is 0 Å². The SMILES string of the molecule is COc1ccc2nc(N(CCCN3CCOCC3)C(=O)c3snnc3C)sc2c1. The van der Waals surface area contributed by atoms with E-state index in [-0.39, 0.29) is 5.91 Å². The van der Waals surface area contributed by atoms with Gasteiger partial charge >= 0.3 is 0 Å². The van der Waals surface area contributed by atoms with Gasteiger partial charge in [0, 0.05) is 26.2 Å². The van der Waals surface area contributed by atoms with E-state index in [1.54, 1.807) is 12.0 Å². The molecule has 3 aromatic rings. The molecule has 0 saturated carbocycles. The molecule has 1 amide bonds. The van der Waals surface area contributed by atoms with Crippen molar-refractivity contribution in [2.24, 2.45) is 0 Å². The molecular formula is C19H23N5O3S2. The first kappa shape index (κ1) is 20.1. The van der Waals surface area contributed by atoms with Gasteiger partial charge in [-0.05, 0) is 43.1 Å². The van der Waals surface area contributed by atoms with Gasteiger partial charge in [-0.3, -0.25) is 14.6 Å². The lowest BCUT2D eigenvalue weighted by atomic mass is 10.3. The average molecular weight is 434 g/mol. The Kier molecular flexibility index (Phi) is 6.34. The van der Waals surface area contributed by atoms with Gasteiger partial charge in [-0.2, -0.15) is 0 Å². The fourth-order valence-corrected chi connectivity index (χ4v) is 4.87. The number of thiazole rings is 1. The molecule has 3 heterocycles. The summed E-state index contributed by atoms with van der Waals surface area (Å²) in [7, 11) is 1.64. The van der Waals surface area contributed by atoms with Crippen LogP contribution in [-0.4, -0.2) is 71.9 Å². The number of benzene rings is 1. The summed E-state index contributed by atoms with van der Waals surface area (Å²) in [4.78, 5) is 22.7. The number of amides is 1. The van der Waals surface area contributed by atoms with Gasteiger partial charge in [0.05, 0.1) is 36.2 Å². The molecule has 0 radical (unpaired) electrons. The third-order valence-electron chi connectivity index (χ3n) is 4.87. The number of rotatable bonds is 7. The minimum Gasteiger partial charge on any atom is -0.497 e. The van der Waals surface area contributed by atoms with Gasteiger partial charge in [0.25, 0.3) is 5.91 Å². The normalized spacial score (nSPS) is 15.0. The Morgan fingerprint density at radius 3 is 2.90 bits per heavy atom. The minimum atomic E-state index is -0.0921. The summed E-state index contributed by atoms with van der Waals surface area (Å²) in [5.41, 5.74) is 1.51. The van der Waals surface area contributed by atoms with Crippen molar-refractivity contribution >= 4 is 44.1 Å². The predicted molar refractivity (Wildman–Crippen MR) is 114 cm³/mol. The van der Waals surface area contributed by atoms with Gasteiger partial charge in [-0.25, -0.2) is 4.98 Å². The van der Waals surface area contributed by atoms with E-state index in [0.717, 1.165) is 66.8 Å². The zero-order chi connectivity index (χ0) is 20.2. The Balaban J connectivity index is 1.57. The number of anilines is 1. The first-order valence-corrected chi connectivity index (χ1v) is 11.1. The molecule has 0 aliphatic carbocycles. The molecule has 1 fully saturated rings. The zero-order valence-electron chi connectivity index (χ0n) is 16.5. The van der Waals surface area contributed by atoms with Crippen LogP contribution < -0.4 is 9.64 Å². The molecule has 0 atom stereocenters. The standard InChI is InChI=1S/C19H23N5O3S2/c1-13-17(29-22-21-13)18(25)24(7-3-6-23-8-10-27-11-9-23)19-20-15-5-4-14(26-2)12-16(15)28-19/h4-5,12H,3,6-11H2,1-2H3. The van der Waals surface area contributed by atoms with Gasteiger partial charge in [0.15, 0.2) is 5.13 Å². The maximum Gasteiger partial charge on any atom is 0.273 e. The molecule has 29 heavy (non-hydrogen) atoms. The van der Waals surface area contributed by atoms with Crippen LogP contribution in [0.15, 0.2) is 18.2 Å². The van der Waals surface area contributed by atoms with E-state index in [9.17, 15) is 4.79 Å². The van der Waals surface area contributed by atoms with E-state index in [2.05, 4.69) is 14.5 Å². The van der Waals surface area contributed by atoms with Crippen molar-refractivity contribution < 1.29 is 14.3 Å². The molecule has 1 saturated heterocycles. The summed E-state index contributed by atoms with van der Waals surface area (Å²) in [5, 5.41) is 4.69. The number of morpholine rings is 1. The number of nitrogens with zero attached hydrogens (tertiary/aromatic N) is 5. The lowest BCUT2D eigenvalue weighted by molar-refractivity contribution is 0.0376. The van der Waals surface area contributed by atoms with Crippen molar-refractivity contribution in [3.63, 3.8) is 0 Å². The van der Waals surface area contributed by atoms with Crippen molar-refractivity contribution in [1.82, 2.24) is 19.5 Å². The average Bonchev–Trinajstić information content (AvgIpc) is 3.36. The Morgan fingerprint density at radius 1 is 1.34 bits per heavy atom. The largest absolute Gasteiger partial charge is 0.497 e. The molecule has 1 aliphatic rings. The van der Waals surface area contributed by atoms with Crippen molar-refractivity contribution in [3.05, 3.63) is 28.8 Å². The van der Waals surface area contributed by atoms with Gasteiger partial charge < -0.3 is 9.47 Å². The lowest BCUT2D eigenvalue weighted by Crippen LogP contribution is -2.39. The maximum absolute atomic E-state index is 13.3. The van der Waals surface area contributed by atoms with Crippen molar-refractivity contribution in [2.45, 2.75) is 13.3 Å². The molecule has 8 nitrogen and oxygen atoms in total. The number of aromatic nitrogens is 3. The molecule has 154 valence electrons. The second kappa shape index (κ2) is 9.12. The summed E-state index contributed by atoms with van der Waals surface area (Å²) in [6.45, 7) is 6.74. The van der Waals surface area contributed by atoms with E-state index >= 15 is 0 Å². The highest BCUT2D eigenvalue weighted by Gasteiger charge is 2.25. The summed E-state index contributed by atoms with van der Waals surface area (Å²) < 4.78 is 15.6. The minimum absolute atomic E-state index is 0.0921. The molecule has 1 aliphatic heterocycles. The topological polar surface area (TPSA) is 80.7 Å². The van der Waals surface area contributed by atoms with Gasteiger partial charge in [-0.1, -0.05) is 15.8 Å². The van der Waals surface area contributed by atoms with Crippen LogP contribution in [0.1, 0.15) is 21.8 Å². The number of fused-ring (bicyclic) bond motifs is 1. The number of carbonyl (C=O) groups is 1. The summed E-state index contributed by atoms with van der Waals surface area (Å²) in [5.74, 6) is 0.686. The fraction of sp³-hybridized carbons (Fsp3) is 0.474.